The molecule has 3 rings (SSSR count). The molecule has 1 atom stereocenters. The standard InChI is InChI=1S/C15H21NO/c1-11-5-6-12-3-2-4-13(14(12)17-11)7-8-15(16)9-10-15/h2-4,11H,5-10,16H2,1H3. The normalized spacial score (nSPS) is 24.9. The van der Waals surface area contributed by atoms with Gasteiger partial charge in [0.25, 0.3) is 0 Å². The van der Waals surface area contributed by atoms with Crippen molar-refractivity contribution < 1.29 is 4.74 Å². The van der Waals surface area contributed by atoms with Gasteiger partial charge in [-0.05, 0) is 56.6 Å². The molecule has 1 aliphatic carbocycles. The van der Waals surface area contributed by atoms with Crippen LogP contribution < -0.4 is 10.5 Å². The van der Waals surface area contributed by atoms with Crippen LogP contribution >= 0.6 is 0 Å². The van der Waals surface area contributed by atoms with E-state index in [-0.39, 0.29) is 5.54 Å². The number of benzene rings is 1. The molecule has 92 valence electrons. The molecular formula is C15H21NO. The Balaban J connectivity index is 1.79. The highest BCUT2D eigenvalue weighted by atomic mass is 16.5. The Bertz CT molecular complexity index is 423. The molecule has 1 aromatic rings. The predicted molar refractivity (Wildman–Crippen MR) is 69.3 cm³/mol. The van der Waals surface area contributed by atoms with Gasteiger partial charge in [-0.15, -0.1) is 0 Å². The van der Waals surface area contributed by atoms with E-state index in [1.54, 1.807) is 0 Å². The number of para-hydroxylation sites is 1. The first-order chi connectivity index (χ1) is 8.16. The van der Waals surface area contributed by atoms with E-state index in [1.165, 1.54) is 24.0 Å². The molecule has 0 spiro atoms. The van der Waals surface area contributed by atoms with Crippen LogP contribution in [0.4, 0.5) is 0 Å². The van der Waals surface area contributed by atoms with Gasteiger partial charge in [-0.3, -0.25) is 0 Å². The van der Waals surface area contributed by atoms with Crippen LogP contribution in [0.3, 0.4) is 0 Å². The van der Waals surface area contributed by atoms with Crippen molar-refractivity contribution in [3.8, 4) is 5.75 Å². The first-order valence-electron chi connectivity index (χ1n) is 6.73. The van der Waals surface area contributed by atoms with Gasteiger partial charge in [0.05, 0.1) is 6.10 Å². The molecule has 0 bridgehead atoms. The number of aryl methyl sites for hydroxylation is 2. The van der Waals surface area contributed by atoms with Gasteiger partial charge < -0.3 is 10.5 Å². The summed E-state index contributed by atoms with van der Waals surface area (Å²) in [5.74, 6) is 1.15. The molecule has 2 aliphatic rings. The Morgan fingerprint density at radius 2 is 2.24 bits per heavy atom. The second-order valence-electron chi connectivity index (χ2n) is 5.73. The largest absolute Gasteiger partial charge is 0.490 e. The van der Waals surface area contributed by atoms with Crippen LogP contribution in [0.15, 0.2) is 18.2 Å². The number of nitrogens with two attached hydrogens (primary N) is 1. The third kappa shape index (κ3) is 2.32. The van der Waals surface area contributed by atoms with Crippen LogP contribution in [0, 0.1) is 0 Å². The van der Waals surface area contributed by atoms with E-state index in [1.807, 2.05) is 0 Å². The average molecular weight is 231 g/mol. The predicted octanol–water partition coefficient (Wildman–Crippen LogP) is 2.82. The second kappa shape index (κ2) is 4.02. The van der Waals surface area contributed by atoms with Crippen molar-refractivity contribution in [2.45, 2.75) is 57.1 Å². The summed E-state index contributed by atoms with van der Waals surface area (Å²) in [5.41, 5.74) is 9.03. The summed E-state index contributed by atoms with van der Waals surface area (Å²) in [5, 5.41) is 0. The summed E-state index contributed by atoms with van der Waals surface area (Å²) in [6.45, 7) is 2.16. The van der Waals surface area contributed by atoms with Gasteiger partial charge in [0.1, 0.15) is 5.75 Å². The highest BCUT2D eigenvalue weighted by Crippen LogP contribution is 2.39. The van der Waals surface area contributed by atoms with Crippen LogP contribution in [-0.4, -0.2) is 11.6 Å². The van der Waals surface area contributed by atoms with Crippen LogP contribution in [0.1, 0.15) is 43.7 Å². The topological polar surface area (TPSA) is 35.2 Å². The number of hydrogen-bond acceptors (Lipinski definition) is 2. The molecule has 1 fully saturated rings. The van der Waals surface area contributed by atoms with E-state index in [9.17, 15) is 0 Å². The molecule has 2 heteroatoms. The Labute approximate surface area is 103 Å². The molecule has 0 amide bonds. The quantitative estimate of drug-likeness (QED) is 0.868. The monoisotopic (exact) mass is 231 g/mol. The van der Waals surface area contributed by atoms with E-state index in [0.29, 0.717) is 6.10 Å². The second-order valence-corrected chi connectivity index (χ2v) is 5.73. The zero-order chi connectivity index (χ0) is 11.9. The van der Waals surface area contributed by atoms with Gasteiger partial charge in [-0.1, -0.05) is 18.2 Å². The average Bonchev–Trinajstić information content (AvgIpc) is 3.05. The lowest BCUT2D eigenvalue weighted by molar-refractivity contribution is 0.190. The molecular weight excluding hydrogens is 210 g/mol. The minimum atomic E-state index is 0.142. The summed E-state index contributed by atoms with van der Waals surface area (Å²) in [7, 11) is 0. The Morgan fingerprint density at radius 1 is 1.41 bits per heavy atom. The molecule has 1 aliphatic heterocycles. The fourth-order valence-electron chi connectivity index (χ4n) is 2.60. The molecule has 0 radical (unpaired) electrons. The minimum absolute atomic E-state index is 0.142. The maximum atomic E-state index is 6.16. The summed E-state index contributed by atoms with van der Waals surface area (Å²) in [4.78, 5) is 0. The molecule has 1 aromatic carbocycles. The number of ether oxygens (including phenoxy) is 1. The van der Waals surface area contributed by atoms with Crippen LogP contribution in [0.2, 0.25) is 0 Å². The molecule has 1 saturated carbocycles. The molecule has 0 saturated heterocycles. The highest BCUT2D eigenvalue weighted by molar-refractivity contribution is 5.43. The van der Waals surface area contributed by atoms with Gasteiger partial charge in [0, 0.05) is 5.54 Å². The molecule has 0 aromatic heterocycles. The molecule has 2 N–H and O–H groups in total. The zero-order valence-corrected chi connectivity index (χ0v) is 10.5. The number of rotatable bonds is 3. The van der Waals surface area contributed by atoms with E-state index >= 15 is 0 Å². The number of fused-ring (bicyclic) bond motifs is 1. The molecule has 2 nitrogen and oxygen atoms in total. The molecule has 1 unspecified atom stereocenters. The van der Waals surface area contributed by atoms with Crippen molar-refractivity contribution in [3.05, 3.63) is 29.3 Å². The van der Waals surface area contributed by atoms with Gasteiger partial charge in [-0.25, -0.2) is 0 Å². The van der Waals surface area contributed by atoms with Crippen molar-refractivity contribution in [1.82, 2.24) is 0 Å². The van der Waals surface area contributed by atoms with Gasteiger partial charge in [0.2, 0.25) is 0 Å². The van der Waals surface area contributed by atoms with Gasteiger partial charge in [-0.2, -0.15) is 0 Å². The van der Waals surface area contributed by atoms with Crippen LogP contribution in [0.25, 0.3) is 0 Å². The SMILES string of the molecule is CC1CCc2cccc(CCC3(N)CC3)c2O1. The van der Waals surface area contributed by atoms with Crippen molar-refractivity contribution >= 4 is 0 Å². The zero-order valence-electron chi connectivity index (χ0n) is 10.5. The van der Waals surface area contributed by atoms with E-state index in [0.717, 1.165) is 31.4 Å². The Hall–Kier alpha value is -1.02. The number of hydrogen-bond donors (Lipinski definition) is 1. The van der Waals surface area contributed by atoms with E-state index < -0.39 is 0 Å². The first kappa shape index (κ1) is 11.1. The van der Waals surface area contributed by atoms with Crippen molar-refractivity contribution in [1.29, 1.82) is 0 Å². The third-order valence-electron chi connectivity index (χ3n) is 4.10. The van der Waals surface area contributed by atoms with Gasteiger partial charge >= 0.3 is 0 Å². The Kier molecular flexibility index (Phi) is 2.62. The fraction of sp³-hybridized carbons (Fsp3) is 0.600. The summed E-state index contributed by atoms with van der Waals surface area (Å²) in [6.07, 6.45) is 7.19. The van der Waals surface area contributed by atoms with Crippen molar-refractivity contribution in [2.75, 3.05) is 0 Å². The lowest BCUT2D eigenvalue weighted by Gasteiger charge is -2.25. The lowest BCUT2D eigenvalue weighted by atomic mass is 9.96. The van der Waals surface area contributed by atoms with E-state index in [2.05, 4.69) is 25.1 Å². The fourth-order valence-corrected chi connectivity index (χ4v) is 2.60. The van der Waals surface area contributed by atoms with Crippen molar-refractivity contribution in [3.63, 3.8) is 0 Å². The van der Waals surface area contributed by atoms with Crippen LogP contribution in [-0.2, 0) is 12.8 Å². The smallest absolute Gasteiger partial charge is 0.126 e. The molecule has 1 heterocycles. The maximum absolute atomic E-state index is 6.16. The maximum Gasteiger partial charge on any atom is 0.126 e. The summed E-state index contributed by atoms with van der Waals surface area (Å²) >= 11 is 0. The molecule has 17 heavy (non-hydrogen) atoms. The third-order valence-corrected chi connectivity index (χ3v) is 4.10. The lowest BCUT2D eigenvalue weighted by Crippen LogP contribution is -2.23. The summed E-state index contributed by atoms with van der Waals surface area (Å²) < 4.78 is 6.01. The minimum Gasteiger partial charge on any atom is -0.490 e. The first-order valence-corrected chi connectivity index (χ1v) is 6.73. The van der Waals surface area contributed by atoms with E-state index in [4.69, 9.17) is 10.5 Å². The van der Waals surface area contributed by atoms with Gasteiger partial charge in [0.15, 0.2) is 0 Å². The summed E-state index contributed by atoms with van der Waals surface area (Å²) in [6, 6.07) is 6.55. The highest BCUT2D eigenvalue weighted by Gasteiger charge is 2.37. The Morgan fingerprint density at radius 3 is 3.00 bits per heavy atom. The van der Waals surface area contributed by atoms with Crippen LogP contribution in [0.5, 0.6) is 5.75 Å². The van der Waals surface area contributed by atoms with Crippen molar-refractivity contribution in [2.24, 2.45) is 5.73 Å².